The SMILES string of the molecule is O=S(=O)(CCNC1(CO)CCCC1)c1ccccc1. The quantitative estimate of drug-likeness (QED) is 0.827. The minimum atomic E-state index is -3.23. The van der Waals surface area contributed by atoms with Gasteiger partial charge in [0.15, 0.2) is 9.84 Å². The van der Waals surface area contributed by atoms with Gasteiger partial charge in [-0.25, -0.2) is 8.42 Å². The van der Waals surface area contributed by atoms with Crippen molar-refractivity contribution in [1.82, 2.24) is 5.32 Å². The highest BCUT2D eigenvalue weighted by Crippen LogP contribution is 2.28. The lowest BCUT2D eigenvalue weighted by molar-refractivity contribution is 0.167. The summed E-state index contributed by atoms with van der Waals surface area (Å²) in [4.78, 5) is 0.362. The van der Waals surface area contributed by atoms with E-state index in [0.717, 1.165) is 25.7 Å². The van der Waals surface area contributed by atoms with E-state index in [2.05, 4.69) is 5.32 Å². The summed E-state index contributed by atoms with van der Waals surface area (Å²) < 4.78 is 24.2. The molecule has 0 radical (unpaired) electrons. The van der Waals surface area contributed by atoms with Gasteiger partial charge in [-0.05, 0) is 25.0 Å². The topological polar surface area (TPSA) is 66.4 Å². The van der Waals surface area contributed by atoms with Crippen molar-refractivity contribution < 1.29 is 13.5 Å². The van der Waals surface area contributed by atoms with Gasteiger partial charge in [-0.2, -0.15) is 0 Å². The number of sulfone groups is 1. The van der Waals surface area contributed by atoms with Crippen LogP contribution in [0.1, 0.15) is 25.7 Å². The van der Waals surface area contributed by atoms with Gasteiger partial charge in [0.1, 0.15) is 0 Å². The molecule has 0 unspecified atom stereocenters. The first-order valence-corrected chi connectivity index (χ1v) is 8.37. The summed E-state index contributed by atoms with van der Waals surface area (Å²) in [6.45, 7) is 0.468. The van der Waals surface area contributed by atoms with Crippen LogP contribution in [0.3, 0.4) is 0 Å². The first kappa shape index (κ1) is 14.5. The summed E-state index contributed by atoms with van der Waals surface area (Å²) >= 11 is 0. The second-order valence-corrected chi connectivity index (χ2v) is 7.31. The summed E-state index contributed by atoms with van der Waals surface area (Å²) in [6.07, 6.45) is 4.04. The average Bonchev–Trinajstić information content (AvgIpc) is 2.89. The second-order valence-electron chi connectivity index (χ2n) is 5.20. The third kappa shape index (κ3) is 3.55. The second kappa shape index (κ2) is 6.03. The van der Waals surface area contributed by atoms with Crippen LogP contribution in [0.15, 0.2) is 35.2 Å². The molecule has 1 saturated carbocycles. The summed E-state index contributed by atoms with van der Waals surface area (Å²) in [5, 5.41) is 12.7. The Morgan fingerprint density at radius 1 is 1.16 bits per heavy atom. The fourth-order valence-corrected chi connectivity index (χ4v) is 3.82. The van der Waals surface area contributed by atoms with Crippen molar-refractivity contribution in [1.29, 1.82) is 0 Å². The van der Waals surface area contributed by atoms with E-state index in [1.54, 1.807) is 30.3 Å². The molecule has 0 spiro atoms. The first-order valence-electron chi connectivity index (χ1n) is 6.72. The molecule has 2 rings (SSSR count). The Labute approximate surface area is 114 Å². The number of nitrogens with one attached hydrogen (secondary N) is 1. The monoisotopic (exact) mass is 283 g/mol. The minimum absolute atomic E-state index is 0.0682. The predicted octanol–water partition coefficient (Wildman–Crippen LogP) is 1.35. The van der Waals surface area contributed by atoms with Gasteiger partial charge in [0.25, 0.3) is 0 Å². The van der Waals surface area contributed by atoms with Crippen LogP contribution in [0.2, 0.25) is 0 Å². The molecule has 0 atom stereocenters. The summed E-state index contributed by atoms with van der Waals surface area (Å²) in [7, 11) is -3.23. The highest BCUT2D eigenvalue weighted by atomic mass is 32.2. The van der Waals surface area contributed by atoms with Crippen molar-refractivity contribution in [3.05, 3.63) is 30.3 Å². The molecule has 106 valence electrons. The average molecular weight is 283 g/mol. The van der Waals surface area contributed by atoms with Crippen molar-refractivity contribution >= 4 is 9.84 Å². The van der Waals surface area contributed by atoms with E-state index >= 15 is 0 Å². The number of benzene rings is 1. The Hall–Kier alpha value is -0.910. The van der Waals surface area contributed by atoms with E-state index in [9.17, 15) is 13.5 Å². The molecular formula is C14H21NO3S. The fraction of sp³-hybridized carbons (Fsp3) is 0.571. The van der Waals surface area contributed by atoms with Crippen LogP contribution in [0.4, 0.5) is 0 Å². The smallest absolute Gasteiger partial charge is 0.179 e. The minimum Gasteiger partial charge on any atom is -0.394 e. The molecule has 0 aliphatic heterocycles. The van der Waals surface area contributed by atoms with Crippen LogP contribution in [0, 0.1) is 0 Å². The number of rotatable bonds is 6. The Kier molecular flexibility index (Phi) is 4.60. The van der Waals surface area contributed by atoms with Crippen LogP contribution in [-0.4, -0.2) is 38.0 Å². The molecular weight excluding hydrogens is 262 g/mol. The predicted molar refractivity (Wildman–Crippen MR) is 74.8 cm³/mol. The molecule has 0 bridgehead atoms. The fourth-order valence-electron chi connectivity index (χ4n) is 2.64. The third-order valence-corrected chi connectivity index (χ3v) is 5.57. The molecule has 1 fully saturated rings. The summed E-state index contributed by atoms with van der Waals surface area (Å²) in [6, 6.07) is 8.50. The molecule has 2 N–H and O–H groups in total. The number of hydrogen-bond donors (Lipinski definition) is 2. The van der Waals surface area contributed by atoms with Gasteiger partial charge in [0.2, 0.25) is 0 Å². The number of aliphatic hydroxyl groups is 1. The zero-order valence-electron chi connectivity index (χ0n) is 11.0. The molecule has 1 aromatic carbocycles. The van der Waals surface area contributed by atoms with E-state index in [-0.39, 0.29) is 17.9 Å². The van der Waals surface area contributed by atoms with Gasteiger partial charge >= 0.3 is 0 Å². The molecule has 1 aromatic rings. The standard InChI is InChI=1S/C14H21NO3S/c16-12-14(8-4-5-9-14)15-10-11-19(17,18)13-6-2-1-3-7-13/h1-3,6-7,15-16H,4-5,8-12H2. The molecule has 1 aliphatic rings. The zero-order valence-corrected chi connectivity index (χ0v) is 11.8. The molecule has 19 heavy (non-hydrogen) atoms. The molecule has 1 aliphatic carbocycles. The van der Waals surface area contributed by atoms with Gasteiger partial charge in [0, 0.05) is 12.1 Å². The Morgan fingerprint density at radius 3 is 2.37 bits per heavy atom. The van der Waals surface area contributed by atoms with Gasteiger partial charge in [-0.3, -0.25) is 0 Å². The maximum Gasteiger partial charge on any atom is 0.179 e. The largest absolute Gasteiger partial charge is 0.394 e. The Morgan fingerprint density at radius 2 is 1.79 bits per heavy atom. The van der Waals surface area contributed by atoms with E-state index in [1.807, 2.05) is 0 Å². The van der Waals surface area contributed by atoms with Crippen LogP contribution < -0.4 is 5.32 Å². The van der Waals surface area contributed by atoms with Crippen LogP contribution >= 0.6 is 0 Å². The number of hydrogen-bond acceptors (Lipinski definition) is 4. The molecule has 0 heterocycles. The lowest BCUT2D eigenvalue weighted by atomic mass is 9.99. The zero-order chi connectivity index (χ0) is 13.8. The molecule has 0 amide bonds. The third-order valence-electron chi connectivity index (χ3n) is 3.84. The maximum absolute atomic E-state index is 12.1. The lowest BCUT2D eigenvalue weighted by Gasteiger charge is -2.28. The van der Waals surface area contributed by atoms with E-state index in [4.69, 9.17) is 0 Å². The van der Waals surface area contributed by atoms with Crippen LogP contribution in [0.5, 0.6) is 0 Å². The van der Waals surface area contributed by atoms with Gasteiger partial charge < -0.3 is 10.4 Å². The Balaban J connectivity index is 1.92. The van der Waals surface area contributed by atoms with E-state index in [1.165, 1.54) is 0 Å². The van der Waals surface area contributed by atoms with Gasteiger partial charge in [-0.15, -0.1) is 0 Å². The highest BCUT2D eigenvalue weighted by Gasteiger charge is 2.32. The van der Waals surface area contributed by atoms with Gasteiger partial charge in [-0.1, -0.05) is 31.0 Å². The van der Waals surface area contributed by atoms with Crippen molar-refractivity contribution in [2.24, 2.45) is 0 Å². The first-order chi connectivity index (χ1) is 9.08. The normalized spacial score (nSPS) is 18.6. The molecule has 0 aromatic heterocycles. The molecule has 5 heteroatoms. The van der Waals surface area contributed by atoms with Gasteiger partial charge in [0.05, 0.1) is 17.3 Å². The highest BCUT2D eigenvalue weighted by molar-refractivity contribution is 7.91. The van der Waals surface area contributed by atoms with E-state index in [0.29, 0.717) is 11.4 Å². The van der Waals surface area contributed by atoms with Crippen LogP contribution in [0.25, 0.3) is 0 Å². The molecule has 0 saturated heterocycles. The lowest BCUT2D eigenvalue weighted by Crippen LogP contribution is -2.47. The van der Waals surface area contributed by atoms with Crippen molar-refractivity contribution in [3.63, 3.8) is 0 Å². The van der Waals surface area contributed by atoms with Crippen molar-refractivity contribution in [2.75, 3.05) is 18.9 Å². The Bertz CT molecular complexity index is 493. The van der Waals surface area contributed by atoms with Crippen LogP contribution in [-0.2, 0) is 9.84 Å². The number of aliphatic hydroxyl groups excluding tert-OH is 1. The van der Waals surface area contributed by atoms with Crippen molar-refractivity contribution in [2.45, 2.75) is 36.1 Å². The summed E-state index contributed by atoms with van der Waals surface area (Å²) in [5.74, 6) is 0.0682. The van der Waals surface area contributed by atoms with Crippen molar-refractivity contribution in [3.8, 4) is 0 Å². The maximum atomic E-state index is 12.1. The molecule has 4 nitrogen and oxygen atoms in total. The summed E-state index contributed by atoms with van der Waals surface area (Å²) in [5.41, 5.74) is -0.258. The van der Waals surface area contributed by atoms with E-state index < -0.39 is 9.84 Å².